The second kappa shape index (κ2) is 6.82. The lowest BCUT2D eigenvalue weighted by Crippen LogP contribution is -2.34. The van der Waals surface area contributed by atoms with Gasteiger partial charge in [0, 0.05) is 6.54 Å². The van der Waals surface area contributed by atoms with Crippen molar-refractivity contribution < 1.29 is 14.6 Å². The van der Waals surface area contributed by atoms with Crippen LogP contribution in [0, 0.1) is 0 Å². The maximum atomic E-state index is 11.0. The van der Waals surface area contributed by atoms with Gasteiger partial charge in [-0.3, -0.25) is 4.79 Å². The molecule has 0 radical (unpaired) electrons. The van der Waals surface area contributed by atoms with Gasteiger partial charge >= 0.3 is 5.97 Å². The number of rotatable bonds is 6. The molecule has 0 aromatic rings. The van der Waals surface area contributed by atoms with E-state index < -0.39 is 18.1 Å². The number of aliphatic hydroxyl groups is 1. The summed E-state index contributed by atoms with van der Waals surface area (Å²) in [5.41, 5.74) is 10.7. The van der Waals surface area contributed by atoms with Crippen molar-refractivity contribution in [3.63, 3.8) is 0 Å². The monoisotopic (exact) mass is 190 g/mol. The van der Waals surface area contributed by atoms with Crippen molar-refractivity contribution in [3.8, 4) is 0 Å². The largest absolute Gasteiger partial charge is 0.465 e. The van der Waals surface area contributed by atoms with E-state index in [9.17, 15) is 4.79 Å². The maximum absolute atomic E-state index is 11.0. The van der Waals surface area contributed by atoms with E-state index in [1.54, 1.807) is 6.92 Å². The fourth-order valence-electron chi connectivity index (χ4n) is 0.857. The molecule has 0 aliphatic carbocycles. The zero-order valence-corrected chi connectivity index (χ0v) is 7.90. The molecule has 78 valence electrons. The Morgan fingerprint density at radius 1 is 1.54 bits per heavy atom. The van der Waals surface area contributed by atoms with E-state index in [0.29, 0.717) is 19.4 Å². The van der Waals surface area contributed by atoms with E-state index in [1.165, 1.54) is 0 Å². The van der Waals surface area contributed by atoms with Gasteiger partial charge in [-0.05, 0) is 19.8 Å². The molecule has 0 saturated heterocycles. The number of hydrogen-bond donors (Lipinski definition) is 3. The number of esters is 1. The standard InChI is InChI=1S/C8H18N2O3/c1-2-13-8(12)7(10)4-3-6(11)5-9/h6-7,11H,2-5,9-10H2,1H3/t6-,7-/m1/s1. The van der Waals surface area contributed by atoms with Crippen LogP contribution in [0.3, 0.4) is 0 Å². The van der Waals surface area contributed by atoms with Gasteiger partial charge in [-0.1, -0.05) is 0 Å². The fraction of sp³-hybridized carbons (Fsp3) is 0.875. The molecular weight excluding hydrogens is 172 g/mol. The van der Waals surface area contributed by atoms with E-state index in [4.69, 9.17) is 21.3 Å². The Labute approximate surface area is 78.0 Å². The molecule has 0 saturated carbocycles. The molecule has 5 N–H and O–H groups in total. The SMILES string of the molecule is CCOC(=O)[C@H](N)CC[C@@H](O)CN. The van der Waals surface area contributed by atoms with Crippen molar-refractivity contribution >= 4 is 5.97 Å². The highest BCUT2D eigenvalue weighted by molar-refractivity contribution is 5.75. The van der Waals surface area contributed by atoms with E-state index in [0.717, 1.165) is 0 Å². The zero-order valence-electron chi connectivity index (χ0n) is 7.90. The Bertz CT molecular complexity index is 152. The van der Waals surface area contributed by atoms with Gasteiger partial charge in [-0.25, -0.2) is 0 Å². The maximum Gasteiger partial charge on any atom is 0.322 e. The number of carbonyl (C=O) groups excluding carboxylic acids is 1. The molecule has 0 rings (SSSR count). The third-order valence-electron chi connectivity index (χ3n) is 1.67. The molecule has 5 heteroatoms. The predicted molar refractivity (Wildman–Crippen MR) is 48.9 cm³/mol. The lowest BCUT2D eigenvalue weighted by Gasteiger charge is -2.12. The third-order valence-corrected chi connectivity index (χ3v) is 1.67. The summed E-state index contributed by atoms with van der Waals surface area (Å²) < 4.78 is 4.69. The molecule has 0 aromatic carbocycles. The van der Waals surface area contributed by atoms with Crippen molar-refractivity contribution in [2.45, 2.75) is 31.9 Å². The van der Waals surface area contributed by atoms with Crippen LogP contribution in [0.4, 0.5) is 0 Å². The molecule has 0 aliphatic heterocycles. The molecule has 0 aromatic heterocycles. The molecule has 0 bridgehead atoms. The van der Waals surface area contributed by atoms with Crippen LogP contribution < -0.4 is 11.5 Å². The molecule has 0 heterocycles. The topological polar surface area (TPSA) is 98.6 Å². The van der Waals surface area contributed by atoms with Crippen molar-refractivity contribution in [1.82, 2.24) is 0 Å². The summed E-state index contributed by atoms with van der Waals surface area (Å²) in [6.07, 6.45) is 0.244. The van der Waals surface area contributed by atoms with Gasteiger partial charge in [-0.2, -0.15) is 0 Å². The van der Waals surface area contributed by atoms with E-state index in [2.05, 4.69) is 0 Å². The van der Waals surface area contributed by atoms with Gasteiger partial charge in [0.1, 0.15) is 6.04 Å². The van der Waals surface area contributed by atoms with Crippen molar-refractivity contribution in [1.29, 1.82) is 0 Å². The minimum Gasteiger partial charge on any atom is -0.465 e. The number of ether oxygens (including phenoxy) is 1. The van der Waals surface area contributed by atoms with Crippen LogP contribution in [0.25, 0.3) is 0 Å². The average Bonchev–Trinajstić information content (AvgIpc) is 2.13. The Kier molecular flexibility index (Phi) is 6.48. The summed E-state index contributed by atoms with van der Waals surface area (Å²) in [5, 5.41) is 9.09. The summed E-state index contributed by atoms with van der Waals surface area (Å²) in [4.78, 5) is 11.0. The van der Waals surface area contributed by atoms with Crippen LogP contribution >= 0.6 is 0 Å². The van der Waals surface area contributed by atoms with Gasteiger partial charge < -0.3 is 21.3 Å². The first-order valence-corrected chi connectivity index (χ1v) is 4.42. The first-order valence-electron chi connectivity index (χ1n) is 4.42. The van der Waals surface area contributed by atoms with E-state index >= 15 is 0 Å². The van der Waals surface area contributed by atoms with Gasteiger partial charge in [0.05, 0.1) is 12.7 Å². The summed E-state index contributed by atoms with van der Waals surface area (Å²) in [7, 11) is 0. The second-order valence-electron chi connectivity index (χ2n) is 2.83. The summed E-state index contributed by atoms with van der Waals surface area (Å²) in [5.74, 6) is -0.424. The predicted octanol–water partition coefficient (Wildman–Crippen LogP) is -1.02. The molecule has 0 unspecified atom stereocenters. The normalized spacial score (nSPS) is 15.1. The molecule has 5 nitrogen and oxygen atoms in total. The first kappa shape index (κ1) is 12.3. The van der Waals surface area contributed by atoms with Crippen LogP contribution in [0.5, 0.6) is 0 Å². The molecule has 2 atom stereocenters. The Morgan fingerprint density at radius 2 is 2.15 bits per heavy atom. The van der Waals surface area contributed by atoms with Crippen molar-refractivity contribution in [2.24, 2.45) is 11.5 Å². The van der Waals surface area contributed by atoms with E-state index in [1.807, 2.05) is 0 Å². The Hall–Kier alpha value is -0.650. The highest BCUT2D eigenvalue weighted by atomic mass is 16.5. The molecule has 0 aliphatic rings. The molecular formula is C8H18N2O3. The first-order chi connectivity index (χ1) is 6.11. The second-order valence-corrected chi connectivity index (χ2v) is 2.83. The van der Waals surface area contributed by atoms with Crippen molar-refractivity contribution in [2.75, 3.05) is 13.2 Å². The lowest BCUT2D eigenvalue weighted by atomic mass is 10.1. The van der Waals surface area contributed by atoms with Crippen molar-refractivity contribution in [3.05, 3.63) is 0 Å². The highest BCUT2D eigenvalue weighted by Gasteiger charge is 2.15. The molecule has 0 spiro atoms. The number of hydrogen-bond acceptors (Lipinski definition) is 5. The average molecular weight is 190 g/mol. The number of carbonyl (C=O) groups is 1. The zero-order chi connectivity index (χ0) is 10.3. The Morgan fingerprint density at radius 3 is 2.62 bits per heavy atom. The van der Waals surface area contributed by atoms with Crippen LogP contribution in [0.1, 0.15) is 19.8 Å². The lowest BCUT2D eigenvalue weighted by molar-refractivity contribution is -0.144. The molecule has 0 amide bonds. The van der Waals surface area contributed by atoms with Gasteiger partial charge in [-0.15, -0.1) is 0 Å². The number of nitrogens with two attached hydrogens (primary N) is 2. The third kappa shape index (κ3) is 5.57. The summed E-state index contributed by atoms with van der Waals surface area (Å²) in [6, 6.07) is -0.652. The van der Waals surface area contributed by atoms with Crippen LogP contribution in [0.15, 0.2) is 0 Å². The van der Waals surface area contributed by atoms with Crippen LogP contribution in [-0.4, -0.2) is 36.4 Å². The van der Waals surface area contributed by atoms with Gasteiger partial charge in [0.25, 0.3) is 0 Å². The minimum absolute atomic E-state index is 0.190. The minimum atomic E-state index is -0.652. The highest BCUT2D eigenvalue weighted by Crippen LogP contribution is 2.00. The molecule has 13 heavy (non-hydrogen) atoms. The van der Waals surface area contributed by atoms with Gasteiger partial charge in [0.15, 0.2) is 0 Å². The van der Waals surface area contributed by atoms with E-state index in [-0.39, 0.29) is 6.54 Å². The smallest absolute Gasteiger partial charge is 0.322 e. The summed E-state index contributed by atoms with van der Waals surface area (Å²) >= 11 is 0. The van der Waals surface area contributed by atoms with Crippen LogP contribution in [0.2, 0.25) is 0 Å². The number of aliphatic hydroxyl groups excluding tert-OH is 1. The van der Waals surface area contributed by atoms with Crippen LogP contribution in [-0.2, 0) is 9.53 Å². The fourth-order valence-corrected chi connectivity index (χ4v) is 0.857. The molecule has 0 fully saturated rings. The summed E-state index contributed by atoms with van der Waals surface area (Å²) in [6.45, 7) is 2.24. The quantitative estimate of drug-likeness (QED) is 0.465. The van der Waals surface area contributed by atoms with Gasteiger partial charge in [0.2, 0.25) is 0 Å². The Balaban J connectivity index is 3.60.